The third-order valence-corrected chi connectivity index (χ3v) is 5.50. The molecule has 0 fully saturated rings. The lowest BCUT2D eigenvalue weighted by atomic mass is 10.1. The van der Waals surface area contributed by atoms with Crippen LogP contribution in [0.1, 0.15) is 11.1 Å². The van der Waals surface area contributed by atoms with Crippen LogP contribution in [0.15, 0.2) is 107 Å². The second-order valence-corrected chi connectivity index (χ2v) is 7.71. The Labute approximate surface area is 187 Å². The maximum absolute atomic E-state index is 4.37. The first-order valence-electron chi connectivity index (χ1n) is 9.56. The molecule has 4 rings (SSSR count). The van der Waals surface area contributed by atoms with Crippen LogP contribution < -0.4 is 21.9 Å². The number of thiazole rings is 1. The molecule has 0 N–H and O–H groups in total. The molecule has 4 nitrogen and oxygen atoms in total. The van der Waals surface area contributed by atoms with Gasteiger partial charge in [-0.25, -0.2) is 4.57 Å². The quantitative estimate of drug-likeness (QED) is 0.324. The van der Waals surface area contributed by atoms with Gasteiger partial charge in [0.05, 0.1) is 12.2 Å². The third-order valence-electron chi connectivity index (χ3n) is 4.66. The minimum atomic E-state index is 0. The SMILES string of the molecule is C[n+]1ccsc1/N=N/c1ccc(N(Cc2ccccc2)Cc2ccccc2)cc1.[Cl-]. The van der Waals surface area contributed by atoms with Crippen LogP contribution in [0.25, 0.3) is 0 Å². The number of azo groups is 1. The van der Waals surface area contributed by atoms with Gasteiger partial charge in [-0.1, -0.05) is 60.7 Å². The number of nitrogens with zero attached hydrogens (tertiary/aromatic N) is 4. The number of halogens is 1. The molecular formula is C24H23ClN4S. The molecule has 1 heterocycles. The fourth-order valence-electron chi connectivity index (χ4n) is 3.10. The van der Waals surface area contributed by atoms with Gasteiger partial charge in [0.1, 0.15) is 11.9 Å². The van der Waals surface area contributed by atoms with Crippen molar-refractivity contribution < 1.29 is 17.0 Å². The maximum atomic E-state index is 4.37. The van der Waals surface area contributed by atoms with Crippen molar-refractivity contribution in [2.45, 2.75) is 13.1 Å². The fraction of sp³-hybridized carbons (Fsp3) is 0.125. The molecule has 6 heteroatoms. The maximum Gasteiger partial charge on any atom is 0.408 e. The number of benzene rings is 3. The predicted molar refractivity (Wildman–Crippen MR) is 119 cm³/mol. The van der Waals surface area contributed by atoms with Crippen LogP contribution in [-0.2, 0) is 20.1 Å². The van der Waals surface area contributed by atoms with E-state index in [0.29, 0.717) is 0 Å². The molecule has 0 atom stereocenters. The Hall–Kier alpha value is -3.02. The second kappa shape index (κ2) is 10.7. The highest BCUT2D eigenvalue weighted by Crippen LogP contribution is 2.25. The molecule has 4 aromatic rings. The van der Waals surface area contributed by atoms with Crippen LogP contribution in [0.3, 0.4) is 0 Å². The Morgan fingerprint density at radius 3 is 1.83 bits per heavy atom. The average Bonchev–Trinajstić information content (AvgIpc) is 3.18. The first kappa shape index (κ1) is 21.7. The van der Waals surface area contributed by atoms with Crippen LogP contribution in [0.4, 0.5) is 16.5 Å². The summed E-state index contributed by atoms with van der Waals surface area (Å²) in [6.07, 6.45) is 1.98. The normalized spacial score (nSPS) is 10.7. The van der Waals surface area contributed by atoms with E-state index in [4.69, 9.17) is 0 Å². The molecule has 0 amide bonds. The van der Waals surface area contributed by atoms with Gasteiger partial charge in [-0.05, 0) is 51.8 Å². The monoisotopic (exact) mass is 434 g/mol. The molecule has 0 saturated carbocycles. The van der Waals surface area contributed by atoms with Crippen LogP contribution in [0.2, 0.25) is 0 Å². The number of anilines is 1. The van der Waals surface area contributed by atoms with Gasteiger partial charge in [0.2, 0.25) is 0 Å². The van der Waals surface area contributed by atoms with E-state index in [-0.39, 0.29) is 12.4 Å². The molecule has 3 aromatic carbocycles. The Balaban J connectivity index is 0.00000256. The highest BCUT2D eigenvalue weighted by Gasteiger charge is 2.10. The predicted octanol–water partition coefficient (Wildman–Crippen LogP) is 3.20. The molecule has 152 valence electrons. The number of rotatable bonds is 7. The highest BCUT2D eigenvalue weighted by molar-refractivity contribution is 7.12. The Morgan fingerprint density at radius 1 is 0.767 bits per heavy atom. The van der Waals surface area contributed by atoms with Gasteiger partial charge in [-0.2, -0.15) is 0 Å². The van der Waals surface area contributed by atoms with Crippen molar-refractivity contribution in [3.8, 4) is 0 Å². The highest BCUT2D eigenvalue weighted by atomic mass is 35.5. The fourth-order valence-corrected chi connectivity index (χ4v) is 3.78. The Kier molecular flexibility index (Phi) is 7.71. The van der Waals surface area contributed by atoms with Crippen LogP contribution >= 0.6 is 11.3 Å². The zero-order chi connectivity index (χ0) is 19.9. The second-order valence-electron chi connectivity index (χ2n) is 6.84. The summed E-state index contributed by atoms with van der Waals surface area (Å²) in [7, 11) is 1.97. The van der Waals surface area contributed by atoms with Gasteiger partial charge < -0.3 is 17.3 Å². The van der Waals surface area contributed by atoms with Gasteiger partial charge >= 0.3 is 5.13 Å². The third kappa shape index (κ3) is 5.75. The summed E-state index contributed by atoms with van der Waals surface area (Å²) in [5, 5.41) is 11.6. The smallest absolute Gasteiger partial charge is 0.408 e. The number of aromatic nitrogens is 1. The van der Waals surface area contributed by atoms with Crippen molar-refractivity contribution >= 4 is 27.8 Å². The topological polar surface area (TPSA) is 31.8 Å². The summed E-state index contributed by atoms with van der Waals surface area (Å²) < 4.78 is 1.96. The molecule has 0 aliphatic rings. The minimum absolute atomic E-state index is 0. The average molecular weight is 435 g/mol. The van der Waals surface area contributed by atoms with Crippen molar-refractivity contribution in [3.63, 3.8) is 0 Å². The summed E-state index contributed by atoms with van der Waals surface area (Å²) in [5.74, 6) is 0. The molecule has 0 radical (unpaired) electrons. The largest absolute Gasteiger partial charge is 1.00 e. The molecule has 0 spiro atoms. The van der Waals surface area contributed by atoms with Gasteiger partial charge in [0.25, 0.3) is 0 Å². The summed E-state index contributed by atoms with van der Waals surface area (Å²) in [6.45, 7) is 1.70. The van der Waals surface area contributed by atoms with E-state index in [9.17, 15) is 0 Å². The van der Waals surface area contributed by atoms with Gasteiger partial charge in [-0.15, -0.1) is 0 Å². The molecule has 0 saturated heterocycles. The molecule has 0 aliphatic heterocycles. The van der Waals surface area contributed by atoms with E-state index in [0.717, 1.165) is 23.9 Å². The molecule has 0 bridgehead atoms. The van der Waals surface area contributed by atoms with E-state index in [1.807, 2.05) is 35.3 Å². The van der Waals surface area contributed by atoms with E-state index in [1.54, 1.807) is 11.3 Å². The van der Waals surface area contributed by atoms with Crippen molar-refractivity contribution in [3.05, 3.63) is 108 Å². The number of hydrogen-bond acceptors (Lipinski definition) is 4. The van der Waals surface area contributed by atoms with Crippen molar-refractivity contribution in [2.24, 2.45) is 17.3 Å². The lowest BCUT2D eigenvalue weighted by Gasteiger charge is -2.25. The van der Waals surface area contributed by atoms with E-state index < -0.39 is 0 Å². The zero-order valence-corrected chi connectivity index (χ0v) is 18.3. The van der Waals surface area contributed by atoms with Gasteiger partial charge in [0, 0.05) is 24.2 Å². The van der Waals surface area contributed by atoms with E-state index >= 15 is 0 Å². The van der Waals surface area contributed by atoms with Crippen molar-refractivity contribution in [2.75, 3.05) is 4.90 Å². The molecular weight excluding hydrogens is 412 g/mol. The zero-order valence-electron chi connectivity index (χ0n) is 16.7. The molecule has 0 unspecified atom stereocenters. The Morgan fingerprint density at radius 2 is 1.33 bits per heavy atom. The minimum Gasteiger partial charge on any atom is -1.00 e. The van der Waals surface area contributed by atoms with Gasteiger partial charge in [0.15, 0.2) is 0 Å². The summed E-state index contributed by atoms with van der Waals surface area (Å²) in [5.41, 5.74) is 4.59. The summed E-state index contributed by atoms with van der Waals surface area (Å²) in [4.78, 5) is 2.38. The lowest BCUT2D eigenvalue weighted by molar-refractivity contribution is -0.654. The van der Waals surface area contributed by atoms with Crippen LogP contribution in [0.5, 0.6) is 0 Å². The van der Waals surface area contributed by atoms with Crippen LogP contribution in [-0.4, -0.2) is 0 Å². The summed E-state index contributed by atoms with van der Waals surface area (Å²) >= 11 is 1.57. The molecule has 30 heavy (non-hydrogen) atoms. The van der Waals surface area contributed by atoms with Gasteiger partial charge in [-0.3, -0.25) is 0 Å². The van der Waals surface area contributed by atoms with E-state index in [1.165, 1.54) is 16.8 Å². The van der Waals surface area contributed by atoms with E-state index in [2.05, 4.69) is 87.9 Å². The first-order valence-corrected chi connectivity index (χ1v) is 10.4. The molecule has 0 aliphatic carbocycles. The standard InChI is InChI=1S/C24H23N4S.ClH/c1-27-16-17-29-24(27)26-25-22-12-14-23(15-13-22)28(18-20-8-4-2-5-9-20)19-21-10-6-3-7-11-21;/h2-17H,18-19H2,1H3;1H/q+1;/p-1. The summed E-state index contributed by atoms with van der Waals surface area (Å²) in [6, 6.07) is 29.4. The lowest BCUT2D eigenvalue weighted by Crippen LogP contribution is -3.00. The first-order chi connectivity index (χ1) is 14.3. The number of hydrogen-bond donors (Lipinski definition) is 0. The van der Waals surface area contributed by atoms with Crippen molar-refractivity contribution in [1.29, 1.82) is 0 Å². The molecule has 1 aromatic heterocycles. The van der Waals surface area contributed by atoms with Crippen molar-refractivity contribution in [1.82, 2.24) is 0 Å². The number of aryl methyl sites for hydroxylation is 1. The Bertz CT molecular complexity index is 1020. The van der Waals surface area contributed by atoms with Crippen LogP contribution in [0, 0.1) is 0 Å².